The van der Waals surface area contributed by atoms with Crippen molar-refractivity contribution in [3.8, 4) is 0 Å². The highest BCUT2D eigenvalue weighted by atomic mass is 35.5. The van der Waals surface area contributed by atoms with Crippen molar-refractivity contribution in [3.05, 3.63) is 23.2 Å². The van der Waals surface area contributed by atoms with Crippen LogP contribution in [0.2, 0.25) is 5.02 Å². The number of nitrogens with two attached hydrogens (primary N) is 1. The van der Waals surface area contributed by atoms with Gasteiger partial charge in [0.15, 0.2) is 0 Å². The third-order valence-corrected chi connectivity index (χ3v) is 3.58. The molecule has 0 fully saturated rings. The fourth-order valence-electron chi connectivity index (χ4n) is 1.03. The number of carbonyl (C=O) groups excluding carboxylic acids is 1. The zero-order valence-corrected chi connectivity index (χ0v) is 10.6. The van der Waals surface area contributed by atoms with Gasteiger partial charge in [-0.1, -0.05) is 11.6 Å². The summed E-state index contributed by atoms with van der Waals surface area (Å²) >= 11 is 5.73. The van der Waals surface area contributed by atoms with Crippen LogP contribution in [0.1, 0.15) is 6.92 Å². The molecule has 16 heavy (non-hydrogen) atoms. The first kappa shape index (κ1) is 13.0. The van der Waals surface area contributed by atoms with Crippen molar-refractivity contribution < 1.29 is 9.00 Å². The molecular weight excluding hydrogens is 248 g/mol. The highest BCUT2D eigenvalue weighted by Gasteiger charge is 2.17. The number of rotatable bonds is 3. The molecule has 0 aromatic heterocycles. The van der Waals surface area contributed by atoms with E-state index in [1.54, 1.807) is 25.1 Å². The van der Waals surface area contributed by atoms with Crippen LogP contribution < -0.4 is 11.1 Å². The molecule has 1 aromatic carbocycles. The molecule has 2 unspecified atom stereocenters. The van der Waals surface area contributed by atoms with Crippen LogP contribution in [-0.2, 0) is 15.6 Å². The molecule has 1 aromatic rings. The van der Waals surface area contributed by atoms with E-state index in [1.165, 1.54) is 6.26 Å². The number of hydrogen-bond donors (Lipinski definition) is 2. The van der Waals surface area contributed by atoms with E-state index in [0.717, 1.165) is 0 Å². The average molecular weight is 261 g/mol. The topological polar surface area (TPSA) is 72.2 Å². The Balaban J connectivity index is 2.81. The zero-order valence-electron chi connectivity index (χ0n) is 8.99. The quantitative estimate of drug-likeness (QED) is 0.812. The minimum absolute atomic E-state index is 0.324. The summed E-state index contributed by atoms with van der Waals surface area (Å²) in [6.07, 6.45) is 1.48. The van der Waals surface area contributed by atoms with Crippen molar-refractivity contribution in [3.63, 3.8) is 0 Å². The monoisotopic (exact) mass is 260 g/mol. The summed E-state index contributed by atoms with van der Waals surface area (Å²) in [6, 6.07) is 4.78. The minimum atomic E-state index is -1.20. The fourth-order valence-corrected chi connectivity index (χ4v) is 1.57. The third-order valence-electron chi connectivity index (χ3n) is 2.14. The number of anilines is 2. The number of amides is 1. The third kappa shape index (κ3) is 3.21. The maximum Gasteiger partial charge on any atom is 0.239 e. The maximum atomic E-state index is 11.6. The lowest BCUT2D eigenvalue weighted by molar-refractivity contribution is -0.115. The number of nitrogen functional groups attached to an aromatic ring is 1. The van der Waals surface area contributed by atoms with Gasteiger partial charge in [-0.25, -0.2) is 0 Å². The second-order valence-electron chi connectivity index (χ2n) is 3.36. The average Bonchev–Trinajstić information content (AvgIpc) is 2.20. The van der Waals surface area contributed by atoms with Gasteiger partial charge in [-0.3, -0.25) is 9.00 Å². The highest BCUT2D eigenvalue weighted by molar-refractivity contribution is 7.85. The molecule has 1 amide bonds. The van der Waals surface area contributed by atoms with Crippen LogP contribution in [0, 0.1) is 0 Å². The molecule has 4 nitrogen and oxygen atoms in total. The van der Waals surface area contributed by atoms with Crippen LogP contribution in [0.4, 0.5) is 11.4 Å². The second-order valence-corrected chi connectivity index (χ2v) is 5.50. The predicted octanol–water partition coefficient (Wildman–Crippen LogP) is 1.63. The van der Waals surface area contributed by atoms with Crippen molar-refractivity contribution in [2.24, 2.45) is 0 Å². The molecule has 1 rings (SSSR count). The largest absolute Gasteiger partial charge is 0.397 e. The number of hydrogen-bond acceptors (Lipinski definition) is 3. The number of carbonyl (C=O) groups is 1. The van der Waals surface area contributed by atoms with Gasteiger partial charge in [-0.2, -0.15) is 0 Å². The Labute approximate surface area is 102 Å². The first-order chi connectivity index (χ1) is 7.41. The lowest BCUT2D eigenvalue weighted by Crippen LogP contribution is -2.28. The van der Waals surface area contributed by atoms with Gasteiger partial charge in [0, 0.05) is 22.1 Å². The molecule has 0 saturated carbocycles. The zero-order chi connectivity index (χ0) is 12.3. The second kappa shape index (κ2) is 5.32. The normalized spacial score (nSPS) is 14.2. The maximum absolute atomic E-state index is 11.6. The van der Waals surface area contributed by atoms with Gasteiger partial charge in [0.25, 0.3) is 0 Å². The van der Waals surface area contributed by atoms with E-state index in [2.05, 4.69) is 5.32 Å². The molecule has 0 saturated heterocycles. The summed E-state index contributed by atoms with van der Waals surface area (Å²) in [6.45, 7) is 1.59. The molecule has 0 bridgehead atoms. The van der Waals surface area contributed by atoms with E-state index in [0.29, 0.717) is 16.4 Å². The minimum Gasteiger partial charge on any atom is -0.397 e. The molecule has 88 valence electrons. The van der Waals surface area contributed by atoms with Gasteiger partial charge < -0.3 is 11.1 Å². The molecule has 0 aliphatic heterocycles. The van der Waals surface area contributed by atoms with Crippen LogP contribution in [0.15, 0.2) is 18.2 Å². The predicted molar refractivity (Wildman–Crippen MR) is 68.0 cm³/mol. The van der Waals surface area contributed by atoms with Crippen molar-refractivity contribution in [2.75, 3.05) is 17.3 Å². The molecular formula is C10H13ClN2O2S. The molecule has 2 atom stereocenters. The van der Waals surface area contributed by atoms with Crippen LogP contribution >= 0.6 is 11.6 Å². The van der Waals surface area contributed by atoms with Crippen molar-refractivity contribution in [2.45, 2.75) is 12.2 Å². The van der Waals surface area contributed by atoms with Crippen LogP contribution in [0.5, 0.6) is 0 Å². The number of nitrogens with one attached hydrogen (secondary N) is 1. The lowest BCUT2D eigenvalue weighted by Gasteiger charge is -2.11. The Kier molecular flexibility index (Phi) is 4.32. The van der Waals surface area contributed by atoms with E-state index >= 15 is 0 Å². The standard InChI is InChI=1S/C10H13ClN2O2S/c1-6(16(2)15)10(14)13-9-4-3-7(11)5-8(9)12/h3-6H,12H2,1-2H3,(H,13,14). The van der Waals surface area contributed by atoms with Crippen LogP contribution in [0.25, 0.3) is 0 Å². The Morgan fingerprint density at radius 1 is 1.56 bits per heavy atom. The summed E-state index contributed by atoms with van der Waals surface area (Å²) in [4.78, 5) is 11.6. The van der Waals surface area contributed by atoms with E-state index < -0.39 is 16.0 Å². The van der Waals surface area contributed by atoms with Crippen LogP contribution in [-0.4, -0.2) is 21.6 Å². The van der Waals surface area contributed by atoms with Crippen molar-refractivity contribution >= 4 is 39.7 Å². The first-order valence-corrected chi connectivity index (χ1v) is 6.60. The molecule has 6 heteroatoms. The summed E-state index contributed by atoms with van der Waals surface area (Å²) < 4.78 is 11.1. The molecule has 0 aliphatic carbocycles. The number of halogens is 1. The summed E-state index contributed by atoms with van der Waals surface area (Å²) in [5.74, 6) is -0.324. The van der Waals surface area contributed by atoms with Gasteiger partial charge in [-0.05, 0) is 25.1 Å². The van der Waals surface area contributed by atoms with Gasteiger partial charge in [0.2, 0.25) is 5.91 Å². The molecule has 3 N–H and O–H groups in total. The molecule has 0 aliphatic rings. The Hall–Kier alpha value is -1.07. The van der Waals surface area contributed by atoms with E-state index in [4.69, 9.17) is 17.3 Å². The first-order valence-electron chi connectivity index (χ1n) is 4.60. The van der Waals surface area contributed by atoms with Gasteiger partial charge in [-0.15, -0.1) is 0 Å². The van der Waals surface area contributed by atoms with Gasteiger partial charge in [0.05, 0.1) is 11.4 Å². The Morgan fingerprint density at radius 2 is 2.19 bits per heavy atom. The van der Waals surface area contributed by atoms with Gasteiger partial charge >= 0.3 is 0 Å². The van der Waals surface area contributed by atoms with E-state index in [-0.39, 0.29) is 5.91 Å². The molecule has 0 heterocycles. The SMILES string of the molecule is CC(C(=O)Nc1ccc(Cl)cc1N)S(C)=O. The highest BCUT2D eigenvalue weighted by Crippen LogP contribution is 2.22. The van der Waals surface area contributed by atoms with E-state index in [9.17, 15) is 9.00 Å². The lowest BCUT2D eigenvalue weighted by atomic mass is 10.2. The smallest absolute Gasteiger partial charge is 0.239 e. The molecule has 0 radical (unpaired) electrons. The summed E-state index contributed by atoms with van der Waals surface area (Å²) in [5, 5.41) is 2.53. The summed E-state index contributed by atoms with van der Waals surface area (Å²) in [7, 11) is -1.20. The molecule has 0 spiro atoms. The van der Waals surface area contributed by atoms with Gasteiger partial charge in [0.1, 0.15) is 5.25 Å². The Bertz CT molecular complexity index is 437. The van der Waals surface area contributed by atoms with Crippen LogP contribution in [0.3, 0.4) is 0 Å². The van der Waals surface area contributed by atoms with E-state index in [1.807, 2.05) is 0 Å². The Morgan fingerprint density at radius 3 is 2.69 bits per heavy atom. The fraction of sp³-hybridized carbons (Fsp3) is 0.300. The van der Waals surface area contributed by atoms with Crippen molar-refractivity contribution in [1.29, 1.82) is 0 Å². The number of benzene rings is 1. The summed E-state index contributed by atoms with van der Waals surface area (Å²) in [5.41, 5.74) is 6.53. The van der Waals surface area contributed by atoms with Crippen molar-refractivity contribution in [1.82, 2.24) is 0 Å².